The van der Waals surface area contributed by atoms with E-state index in [-0.39, 0.29) is 12.4 Å². The lowest BCUT2D eigenvalue weighted by Crippen LogP contribution is -2.45. The van der Waals surface area contributed by atoms with Gasteiger partial charge in [-0.3, -0.25) is 9.59 Å². The van der Waals surface area contributed by atoms with Crippen molar-refractivity contribution in [3.8, 4) is 0 Å². The van der Waals surface area contributed by atoms with Crippen molar-refractivity contribution in [3.05, 3.63) is 65.5 Å². The highest BCUT2D eigenvalue weighted by Crippen LogP contribution is 2.26. The maximum Gasteiger partial charge on any atom is 0.316 e. The van der Waals surface area contributed by atoms with E-state index in [1.807, 2.05) is 24.3 Å². The van der Waals surface area contributed by atoms with Crippen LogP contribution >= 0.6 is 0 Å². The predicted molar refractivity (Wildman–Crippen MR) is 90.2 cm³/mol. The highest BCUT2D eigenvalue weighted by atomic mass is 19.1. The molecule has 0 spiro atoms. The number of carbonyl (C=O) groups excluding carboxylic acids is 2. The van der Waals surface area contributed by atoms with Crippen LogP contribution in [0.25, 0.3) is 0 Å². The minimum Gasteiger partial charge on any atom is -0.347 e. The number of hydrogen-bond acceptors (Lipinski definition) is 2. The first-order valence-electron chi connectivity index (χ1n) is 8.08. The van der Waals surface area contributed by atoms with Gasteiger partial charge in [-0.2, -0.15) is 0 Å². The summed E-state index contributed by atoms with van der Waals surface area (Å²) in [6.07, 6.45) is 2.10. The zero-order valence-corrected chi connectivity index (χ0v) is 13.3. The van der Waals surface area contributed by atoms with Crippen molar-refractivity contribution in [2.45, 2.75) is 19.3 Å². The van der Waals surface area contributed by atoms with Gasteiger partial charge in [-0.15, -0.1) is 0 Å². The van der Waals surface area contributed by atoms with Crippen molar-refractivity contribution in [3.63, 3.8) is 0 Å². The van der Waals surface area contributed by atoms with E-state index in [9.17, 15) is 14.0 Å². The van der Waals surface area contributed by atoms with E-state index in [4.69, 9.17) is 0 Å². The number of aryl methyl sites for hydroxylation is 1. The van der Waals surface area contributed by atoms with Gasteiger partial charge in [0.15, 0.2) is 0 Å². The quantitative estimate of drug-likeness (QED) is 0.881. The summed E-state index contributed by atoms with van der Waals surface area (Å²) in [6.45, 7) is 0.761. The molecule has 1 N–H and O–H groups in total. The Kier molecular flexibility index (Phi) is 4.89. The molecule has 1 aliphatic rings. The molecule has 0 saturated carbocycles. The molecule has 0 aliphatic carbocycles. The molecule has 2 aromatic carbocycles. The maximum absolute atomic E-state index is 13.5. The molecule has 1 heterocycles. The first-order valence-corrected chi connectivity index (χ1v) is 8.08. The van der Waals surface area contributed by atoms with Crippen molar-refractivity contribution in [1.82, 2.24) is 5.32 Å². The lowest BCUT2D eigenvalue weighted by Gasteiger charge is -2.28. The van der Waals surface area contributed by atoms with Gasteiger partial charge >= 0.3 is 11.8 Å². The summed E-state index contributed by atoms with van der Waals surface area (Å²) in [6, 6.07) is 14.0. The summed E-state index contributed by atoms with van der Waals surface area (Å²) < 4.78 is 13.5. The Morgan fingerprint density at radius 2 is 1.83 bits per heavy atom. The summed E-state index contributed by atoms with van der Waals surface area (Å²) in [7, 11) is 0. The third-order valence-electron chi connectivity index (χ3n) is 4.19. The van der Waals surface area contributed by atoms with Crippen LogP contribution in [0, 0.1) is 5.82 Å². The predicted octanol–water partition coefficient (Wildman–Crippen LogP) is 2.46. The third kappa shape index (κ3) is 3.45. The molecular formula is C19H19FN2O2. The molecule has 124 valence electrons. The van der Waals surface area contributed by atoms with Crippen LogP contribution in [0.15, 0.2) is 48.5 Å². The molecule has 0 aromatic heterocycles. The summed E-state index contributed by atoms with van der Waals surface area (Å²) >= 11 is 0. The molecule has 3 rings (SSSR count). The molecule has 0 radical (unpaired) electrons. The molecule has 4 nitrogen and oxygen atoms in total. The van der Waals surface area contributed by atoms with Gasteiger partial charge in [0.05, 0.1) is 0 Å². The fraction of sp³-hybridized carbons (Fsp3) is 0.263. The molecule has 2 amide bonds. The molecule has 0 saturated heterocycles. The first kappa shape index (κ1) is 16.2. The van der Waals surface area contributed by atoms with E-state index >= 15 is 0 Å². The Bertz CT molecular complexity index is 761. The second-order valence-corrected chi connectivity index (χ2v) is 5.79. The van der Waals surface area contributed by atoms with E-state index in [2.05, 4.69) is 5.32 Å². The van der Waals surface area contributed by atoms with Gasteiger partial charge in [0.1, 0.15) is 5.82 Å². The van der Waals surface area contributed by atoms with Crippen LogP contribution in [0.3, 0.4) is 0 Å². The lowest BCUT2D eigenvalue weighted by molar-refractivity contribution is -0.137. The molecule has 0 fully saturated rings. The smallest absolute Gasteiger partial charge is 0.316 e. The van der Waals surface area contributed by atoms with Crippen molar-refractivity contribution in [2.24, 2.45) is 0 Å². The minimum atomic E-state index is -0.650. The van der Waals surface area contributed by atoms with E-state index in [1.54, 1.807) is 18.2 Å². The number of hydrogen-bond donors (Lipinski definition) is 1. The zero-order chi connectivity index (χ0) is 16.9. The average Bonchev–Trinajstić information content (AvgIpc) is 2.62. The normalized spacial score (nSPS) is 13.3. The summed E-state index contributed by atoms with van der Waals surface area (Å²) in [5.41, 5.74) is 2.41. The number of anilines is 1. The second-order valence-electron chi connectivity index (χ2n) is 5.79. The van der Waals surface area contributed by atoms with Crippen LogP contribution in [0.2, 0.25) is 0 Å². The monoisotopic (exact) mass is 326 g/mol. The summed E-state index contributed by atoms with van der Waals surface area (Å²) in [5, 5.41) is 2.59. The van der Waals surface area contributed by atoms with Crippen molar-refractivity contribution in [1.29, 1.82) is 0 Å². The molecule has 0 bridgehead atoms. The Morgan fingerprint density at radius 1 is 1.08 bits per heavy atom. The number of nitrogens with zero attached hydrogens (tertiary/aromatic N) is 1. The van der Waals surface area contributed by atoms with E-state index in [1.165, 1.54) is 11.0 Å². The number of benzene rings is 2. The Morgan fingerprint density at radius 3 is 2.67 bits per heavy atom. The molecule has 24 heavy (non-hydrogen) atoms. The van der Waals surface area contributed by atoms with Crippen LogP contribution in [0.5, 0.6) is 0 Å². The number of halogens is 1. The van der Waals surface area contributed by atoms with Crippen LogP contribution in [0.4, 0.5) is 10.1 Å². The molecule has 0 unspecified atom stereocenters. The summed E-state index contributed by atoms with van der Waals surface area (Å²) in [5.74, 6) is -1.51. The van der Waals surface area contributed by atoms with Gasteiger partial charge in [0, 0.05) is 18.8 Å². The van der Waals surface area contributed by atoms with Gasteiger partial charge < -0.3 is 10.2 Å². The van der Waals surface area contributed by atoms with Gasteiger partial charge in [-0.1, -0.05) is 36.4 Å². The zero-order valence-electron chi connectivity index (χ0n) is 13.3. The molecule has 5 heteroatoms. The fourth-order valence-corrected chi connectivity index (χ4v) is 2.95. The molecule has 0 atom stereocenters. The van der Waals surface area contributed by atoms with Gasteiger partial charge in [-0.25, -0.2) is 4.39 Å². The van der Waals surface area contributed by atoms with Crippen LogP contribution < -0.4 is 10.2 Å². The molecule has 2 aromatic rings. The summed E-state index contributed by atoms with van der Waals surface area (Å²) in [4.78, 5) is 26.1. The maximum atomic E-state index is 13.5. The fourth-order valence-electron chi connectivity index (χ4n) is 2.95. The highest BCUT2D eigenvalue weighted by Gasteiger charge is 2.26. The number of carbonyl (C=O) groups is 2. The van der Waals surface area contributed by atoms with Crippen molar-refractivity contribution >= 4 is 17.5 Å². The van der Waals surface area contributed by atoms with Gasteiger partial charge in [-0.05, 0) is 42.5 Å². The third-order valence-corrected chi connectivity index (χ3v) is 4.19. The Labute approximate surface area is 140 Å². The number of fused-ring (bicyclic) bond motifs is 1. The first-order chi connectivity index (χ1) is 11.7. The number of amides is 2. The van der Waals surface area contributed by atoms with Crippen LogP contribution in [-0.4, -0.2) is 24.9 Å². The number of para-hydroxylation sites is 1. The second kappa shape index (κ2) is 7.25. The van der Waals surface area contributed by atoms with E-state index in [0.29, 0.717) is 18.5 Å². The SMILES string of the molecule is O=C(NCCc1ccccc1F)C(=O)N1CCCc2ccccc21. The largest absolute Gasteiger partial charge is 0.347 e. The van der Waals surface area contributed by atoms with Gasteiger partial charge in [0.2, 0.25) is 0 Å². The van der Waals surface area contributed by atoms with E-state index in [0.717, 1.165) is 24.1 Å². The van der Waals surface area contributed by atoms with Crippen molar-refractivity contribution < 1.29 is 14.0 Å². The van der Waals surface area contributed by atoms with E-state index < -0.39 is 11.8 Å². The number of nitrogens with one attached hydrogen (secondary N) is 1. The standard InChI is InChI=1S/C19H19FN2O2/c20-16-9-3-1-6-14(16)11-12-21-18(23)19(24)22-13-5-8-15-7-2-4-10-17(15)22/h1-4,6-7,9-10H,5,8,11-13H2,(H,21,23). The molecular weight excluding hydrogens is 307 g/mol. The topological polar surface area (TPSA) is 49.4 Å². The van der Waals surface area contributed by atoms with Gasteiger partial charge in [0.25, 0.3) is 0 Å². The number of rotatable bonds is 3. The van der Waals surface area contributed by atoms with Crippen LogP contribution in [0.1, 0.15) is 17.5 Å². The van der Waals surface area contributed by atoms with Crippen LogP contribution in [-0.2, 0) is 22.4 Å². The lowest BCUT2D eigenvalue weighted by atomic mass is 10.0. The average molecular weight is 326 g/mol. The molecule has 1 aliphatic heterocycles. The highest BCUT2D eigenvalue weighted by molar-refractivity contribution is 6.40. The van der Waals surface area contributed by atoms with Crippen molar-refractivity contribution in [2.75, 3.05) is 18.0 Å². The Balaban J connectivity index is 1.60. The Hall–Kier alpha value is -2.69. The minimum absolute atomic E-state index is 0.223.